The van der Waals surface area contributed by atoms with Gasteiger partial charge in [0.1, 0.15) is 22.6 Å². The van der Waals surface area contributed by atoms with E-state index in [1.807, 2.05) is 0 Å². The molecule has 3 aromatic heterocycles. The van der Waals surface area contributed by atoms with Crippen LogP contribution in [0, 0.1) is 0 Å². The molecule has 0 saturated heterocycles. The summed E-state index contributed by atoms with van der Waals surface area (Å²) in [5, 5.41) is 0.722. The van der Waals surface area contributed by atoms with E-state index in [2.05, 4.69) is 9.98 Å². The molecule has 0 aliphatic heterocycles. The number of aromatic nitrogens is 3. The molecule has 0 radical (unpaired) electrons. The highest BCUT2D eigenvalue weighted by Crippen LogP contribution is 2.16. The Hall–Kier alpha value is -4.02. The summed E-state index contributed by atoms with van der Waals surface area (Å²) in [6.07, 6.45) is 2.11. The first-order chi connectivity index (χ1) is 17.9. The SMILES string of the molecule is CCOC(=O)c1cc2c(=O)n3ccccc3nc2n(CCCOC)c1=NC(=O)COc1ccc(Cl)cc1. The predicted molar refractivity (Wildman–Crippen MR) is 137 cm³/mol. The highest BCUT2D eigenvalue weighted by molar-refractivity contribution is 6.30. The van der Waals surface area contributed by atoms with Crippen molar-refractivity contribution in [2.45, 2.75) is 19.9 Å². The van der Waals surface area contributed by atoms with Crippen molar-refractivity contribution in [1.82, 2.24) is 14.0 Å². The topological polar surface area (TPSA) is 113 Å². The van der Waals surface area contributed by atoms with Crippen molar-refractivity contribution < 1.29 is 23.8 Å². The van der Waals surface area contributed by atoms with Crippen LogP contribution < -0.4 is 15.8 Å². The molecule has 192 valence electrons. The number of amides is 1. The van der Waals surface area contributed by atoms with E-state index in [0.717, 1.165) is 0 Å². The number of carbonyl (C=O) groups is 2. The lowest BCUT2D eigenvalue weighted by atomic mass is 10.2. The van der Waals surface area contributed by atoms with E-state index in [4.69, 9.17) is 25.8 Å². The number of methoxy groups -OCH3 is 1. The van der Waals surface area contributed by atoms with Crippen molar-refractivity contribution in [1.29, 1.82) is 0 Å². The number of esters is 1. The van der Waals surface area contributed by atoms with Crippen LogP contribution >= 0.6 is 11.6 Å². The molecule has 0 atom stereocenters. The van der Waals surface area contributed by atoms with Gasteiger partial charge in [-0.15, -0.1) is 0 Å². The second kappa shape index (κ2) is 11.8. The zero-order chi connectivity index (χ0) is 26.4. The minimum atomic E-state index is -0.715. The number of rotatable bonds is 9. The second-order valence-corrected chi connectivity index (χ2v) is 8.37. The van der Waals surface area contributed by atoms with Crippen molar-refractivity contribution in [3.05, 3.63) is 81.2 Å². The summed E-state index contributed by atoms with van der Waals surface area (Å²) in [6.45, 7) is 2.06. The molecule has 3 heterocycles. The van der Waals surface area contributed by atoms with Crippen LogP contribution in [0.5, 0.6) is 5.75 Å². The molecule has 0 saturated carbocycles. The lowest BCUT2D eigenvalue weighted by Crippen LogP contribution is -2.33. The van der Waals surface area contributed by atoms with E-state index in [-0.39, 0.29) is 47.4 Å². The number of carbonyl (C=O) groups excluding carboxylic acids is 2. The van der Waals surface area contributed by atoms with Gasteiger partial charge in [-0.3, -0.25) is 14.0 Å². The minimum absolute atomic E-state index is 0.0265. The first kappa shape index (κ1) is 26.1. The van der Waals surface area contributed by atoms with E-state index >= 15 is 0 Å². The Morgan fingerprint density at radius 1 is 1.14 bits per heavy atom. The van der Waals surface area contributed by atoms with Crippen LogP contribution in [0.1, 0.15) is 23.7 Å². The van der Waals surface area contributed by atoms with Gasteiger partial charge in [-0.2, -0.15) is 4.99 Å². The van der Waals surface area contributed by atoms with Gasteiger partial charge in [0.2, 0.25) is 0 Å². The zero-order valence-electron chi connectivity index (χ0n) is 20.3. The third-order valence-electron chi connectivity index (χ3n) is 5.42. The van der Waals surface area contributed by atoms with E-state index in [9.17, 15) is 14.4 Å². The van der Waals surface area contributed by atoms with Crippen LogP contribution in [0.3, 0.4) is 0 Å². The predicted octanol–water partition coefficient (Wildman–Crippen LogP) is 3.02. The van der Waals surface area contributed by atoms with Crippen molar-refractivity contribution in [3.63, 3.8) is 0 Å². The Labute approximate surface area is 216 Å². The fourth-order valence-corrected chi connectivity index (χ4v) is 3.89. The van der Waals surface area contributed by atoms with Crippen LogP contribution in [0.4, 0.5) is 0 Å². The van der Waals surface area contributed by atoms with Crippen LogP contribution in [-0.4, -0.2) is 52.8 Å². The maximum atomic E-state index is 13.3. The average Bonchev–Trinajstić information content (AvgIpc) is 2.89. The number of nitrogens with zero attached hydrogens (tertiary/aromatic N) is 4. The Morgan fingerprint density at radius 3 is 2.65 bits per heavy atom. The summed E-state index contributed by atoms with van der Waals surface area (Å²) in [7, 11) is 1.57. The number of benzene rings is 1. The first-order valence-electron chi connectivity index (χ1n) is 11.6. The zero-order valence-corrected chi connectivity index (χ0v) is 21.1. The molecule has 0 N–H and O–H groups in total. The third kappa shape index (κ3) is 5.87. The molecule has 4 rings (SSSR count). The van der Waals surface area contributed by atoms with Gasteiger partial charge in [-0.05, 0) is 55.8 Å². The van der Waals surface area contributed by atoms with Crippen molar-refractivity contribution in [2.24, 2.45) is 4.99 Å². The standard InChI is InChI=1S/C26H25ClN4O6/c1-3-36-26(34)20-15-19-23(28-21-7-4-5-12-30(21)25(19)33)31(13-6-14-35-2)24(20)29-22(32)16-37-18-10-8-17(27)9-11-18/h4-5,7-12,15H,3,6,13-14,16H2,1-2H3. The lowest BCUT2D eigenvalue weighted by Gasteiger charge is -2.15. The summed E-state index contributed by atoms with van der Waals surface area (Å²) in [4.78, 5) is 48.0. The van der Waals surface area contributed by atoms with Gasteiger partial charge >= 0.3 is 5.97 Å². The molecule has 0 unspecified atom stereocenters. The Kier molecular flexibility index (Phi) is 8.32. The lowest BCUT2D eigenvalue weighted by molar-refractivity contribution is -0.120. The van der Waals surface area contributed by atoms with Gasteiger partial charge in [0.05, 0.1) is 12.0 Å². The van der Waals surface area contributed by atoms with Gasteiger partial charge in [0, 0.05) is 31.5 Å². The van der Waals surface area contributed by atoms with Gasteiger partial charge < -0.3 is 18.8 Å². The van der Waals surface area contributed by atoms with Crippen LogP contribution in [0.15, 0.2) is 64.5 Å². The average molecular weight is 525 g/mol. The van der Waals surface area contributed by atoms with Crippen LogP contribution in [-0.2, 0) is 20.8 Å². The van der Waals surface area contributed by atoms with Gasteiger partial charge in [0.25, 0.3) is 11.5 Å². The number of fused-ring (bicyclic) bond motifs is 2. The fraction of sp³-hybridized carbons (Fsp3) is 0.269. The maximum absolute atomic E-state index is 13.3. The molecule has 0 aliphatic carbocycles. The second-order valence-electron chi connectivity index (χ2n) is 7.93. The highest BCUT2D eigenvalue weighted by atomic mass is 35.5. The van der Waals surface area contributed by atoms with Crippen LogP contribution in [0.25, 0.3) is 16.7 Å². The molecule has 37 heavy (non-hydrogen) atoms. The molecule has 0 spiro atoms. The highest BCUT2D eigenvalue weighted by Gasteiger charge is 2.20. The monoisotopic (exact) mass is 524 g/mol. The van der Waals surface area contributed by atoms with Crippen molar-refractivity contribution in [3.8, 4) is 5.75 Å². The molecule has 4 aromatic rings. The summed E-state index contributed by atoms with van der Waals surface area (Å²) >= 11 is 5.89. The Balaban J connectivity index is 1.91. The molecule has 10 nitrogen and oxygen atoms in total. The smallest absolute Gasteiger partial charge is 0.341 e. The minimum Gasteiger partial charge on any atom is -0.484 e. The number of aryl methyl sites for hydroxylation is 1. The molecule has 1 amide bonds. The summed E-state index contributed by atoms with van der Waals surface area (Å²) in [5.41, 5.74) is 0.328. The van der Waals surface area contributed by atoms with Crippen molar-refractivity contribution >= 4 is 40.2 Å². The van der Waals surface area contributed by atoms with E-state index in [1.165, 1.54) is 10.5 Å². The number of hydrogen-bond donors (Lipinski definition) is 0. The van der Waals surface area contributed by atoms with Gasteiger partial charge in [-0.25, -0.2) is 9.78 Å². The number of halogens is 1. The number of ether oxygens (including phenoxy) is 3. The van der Waals surface area contributed by atoms with Crippen molar-refractivity contribution in [2.75, 3.05) is 26.9 Å². The molecule has 11 heteroatoms. The largest absolute Gasteiger partial charge is 0.484 e. The van der Waals surface area contributed by atoms with Gasteiger partial charge in [0.15, 0.2) is 12.1 Å². The maximum Gasteiger partial charge on any atom is 0.341 e. The molecule has 1 aromatic carbocycles. The number of pyridine rings is 2. The summed E-state index contributed by atoms with van der Waals surface area (Å²) < 4.78 is 18.9. The molecule has 0 fully saturated rings. The molecular formula is C26H25ClN4O6. The summed E-state index contributed by atoms with van der Waals surface area (Å²) in [6, 6.07) is 13.1. The third-order valence-corrected chi connectivity index (χ3v) is 5.67. The molecule has 0 aliphatic rings. The fourth-order valence-electron chi connectivity index (χ4n) is 3.76. The quantitative estimate of drug-likeness (QED) is 0.188. The van der Waals surface area contributed by atoms with E-state index in [0.29, 0.717) is 29.4 Å². The Morgan fingerprint density at radius 2 is 1.92 bits per heavy atom. The summed E-state index contributed by atoms with van der Waals surface area (Å²) in [5.74, 6) is -0.920. The van der Waals surface area contributed by atoms with E-state index < -0.39 is 11.9 Å². The Bertz CT molecular complexity index is 1580. The molecular weight excluding hydrogens is 500 g/mol. The van der Waals surface area contributed by atoms with E-state index in [1.54, 1.807) is 67.3 Å². The molecule has 0 bridgehead atoms. The van der Waals surface area contributed by atoms with Gasteiger partial charge in [-0.1, -0.05) is 17.7 Å². The first-order valence-corrected chi connectivity index (χ1v) is 12.0. The number of hydrogen-bond acceptors (Lipinski definition) is 7. The normalized spacial score (nSPS) is 11.7. The van der Waals surface area contributed by atoms with Crippen LogP contribution in [0.2, 0.25) is 5.02 Å².